The summed E-state index contributed by atoms with van der Waals surface area (Å²) in [5.41, 5.74) is 1.72. The highest BCUT2D eigenvalue weighted by Gasteiger charge is 2.55. The average molecular weight is 421 g/mol. The molecule has 2 aromatic rings. The third-order valence-corrected chi connectivity index (χ3v) is 6.65. The van der Waals surface area contributed by atoms with Crippen LogP contribution in [0.3, 0.4) is 0 Å². The molecule has 2 aliphatic rings. The van der Waals surface area contributed by atoms with Crippen LogP contribution in [-0.2, 0) is 20.9 Å². The van der Waals surface area contributed by atoms with Crippen LogP contribution in [0, 0.1) is 0 Å². The van der Waals surface area contributed by atoms with E-state index in [1.165, 1.54) is 7.11 Å². The Morgan fingerprint density at radius 3 is 2.42 bits per heavy atom. The van der Waals surface area contributed by atoms with Crippen molar-refractivity contribution in [3.63, 3.8) is 0 Å². The molecule has 6 nitrogen and oxygen atoms in total. The first-order valence-electron chi connectivity index (χ1n) is 10.8. The fourth-order valence-corrected chi connectivity index (χ4v) is 5.20. The van der Waals surface area contributed by atoms with E-state index in [9.17, 15) is 14.4 Å². The molecule has 1 unspecified atom stereocenters. The number of carbonyl (C=O) groups excluding carboxylic acids is 3. The number of carbonyl (C=O) groups is 3. The van der Waals surface area contributed by atoms with Gasteiger partial charge in [-0.3, -0.25) is 9.59 Å². The van der Waals surface area contributed by atoms with E-state index in [4.69, 9.17) is 4.74 Å². The van der Waals surface area contributed by atoms with Crippen molar-refractivity contribution in [2.45, 2.75) is 56.7 Å². The first-order valence-corrected chi connectivity index (χ1v) is 10.8. The van der Waals surface area contributed by atoms with Gasteiger partial charge >= 0.3 is 5.97 Å². The fourth-order valence-electron chi connectivity index (χ4n) is 5.20. The predicted octanol–water partition coefficient (Wildman–Crippen LogP) is 3.42. The molecule has 1 spiro atoms. The summed E-state index contributed by atoms with van der Waals surface area (Å²) in [7, 11) is 1.31. The average Bonchev–Trinajstić information content (AvgIpc) is 3.26. The van der Waals surface area contributed by atoms with Crippen LogP contribution in [0.4, 0.5) is 0 Å². The molecule has 1 aliphatic carbocycles. The van der Waals surface area contributed by atoms with E-state index in [2.05, 4.69) is 5.32 Å². The summed E-state index contributed by atoms with van der Waals surface area (Å²) in [5.74, 6) is -1.31. The minimum atomic E-state index is -0.761. The van der Waals surface area contributed by atoms with Gasteiger partial charge in [-0.25, -0.2) is 4.79 Å². The van der Waals surface area contributed by atoms with Gasteiger partial charge in [0.2, 0.25) is 5.91 Å². The lowest BCUT2D eigenvalue weighted by atomic mass is 9.70. The van der Waals surface area contributed by atoms with Crippen molar-refractivity contribution in [3.8, 4) is 0 Å². The highest BCUT2D eigenvalue weighted by molar-refractivity contribution is 6.02. The highest BCUT2D eigenvalue weighted by Crippen LogP contribution is 2.50. The van der Waals surface area contributed by atoms with Gasteiger partial charge in [-0.15, -0.1) is 0 Å². The molecule has 0 radical (unpaired) electrons. The fraction of sp³-hybridized carbons (Fsp3) is 0.400. The number of hydrogen-bond donors (Lipinski definition) is 1. The van der Waals surface area contributed by atoms with E-state index < -0.39 is 23.5 Å². The molecule has 31 heavy (non-hydrogen) atoms. The third-order valence-electron chi connectivity index (χ3n) is 6.65. The van der Waals surface area contributed by atoms with Crippen molar-refractivity contribution in [2.75, 3.05) is 7.11 Å². The molecule has 1 fully saturated rings. The molecule has 4 rings (SSSR count). The summed E-state index contributed by atoms with van der Waals surface area (Å²) in [4.78, 5) is 41.1. The molecule has 1 N–H and O–H groups in total. The molecule has 2 aromatic carbocycles. The van der Waals surface area contributed by atoms with Crippen molar-refractivity contribution in [2.24, 2.45) is 0 Å². The van der Waals surface area contributed by atoms with Gasteiger partial charge < -0.3 is 15.0 Å². The minimum absolute atomic E-state index is 0.0357. The Morgan fingerprint density at radius 2 is 1.74 bits per heavy atom. The predicted molar refractivity (Wildman–Crippen MR) is 116 cm³/mol. The topological polar surface area (TPSA) is 75.7 Å². The minimum Gasteiger partial charge on any atom is -0.467 e. The zero-order valence-electron chi connectivity index (χ0n) is 18.0. The van der Waals surface area contributed by atoms with E-state index in [1.807, 2.05) is 53.4 Å². The number of methoxy groups -OCH3 is 1. The van der Waals surface area contributed by atoms with Gasteiger partial charge in [0.25, 0.3) is 5.91 Å². The lowest BCUT2D eigenvalue weighted by molar-refractivity contribution is -0.145. The van der Waals surface area contributed by atoms with Crippen LogP contribution >= 0.6 is 0 Å². The molecule has 162 valence electrons. The van der Waals surface area contributed by atoms with Crippen LogP contribution in [0.1, 0.15) is 60.0 Å². The second-order valence-electron chi connectivity index (χ2n) is 8.46. The molecular weight excluding hydrogens is 392 g/mol. The molecule has 2 atom stereocenters. The second kappa shape index (κ2) is 8.53. The SMILES string of the molecule is COC(=O)[C@@H](C)NC(=O)C1c2ccccc2C(=O)N(Cc2ccccc2)C12CCCC2. The number of amides is 2. The summed E-state index contributed by atoms with van der Waals surface area (Å²) >= 11 is 0. The van der Waals surface area contributed by atoms with Crippen molar-refractivity contribution in [1.29, 1.82) is 0 Å². The van der Waals surface area contributed by atoms with Crippen LogP contribution in [0.2, 0.25) is 0 Å². The molecule has 0 aromatic heterocycles. The molecule has 6 heteroatoms. The van der Waals surface area contributed by atoms with E-state index >= 15 is 0 Å². The van der Waals surface area contributed by atoms with E-state index in [-0.39, 0.29) is 11.8 Å². The van der Waals surface area contributed by atoms with E-state index in [0.717, 1.165) is 36.8 Å². The van der Waals surface area contributed by atoms with Gasteiger partial charge in [-0.2, -0.15) is 0 Å². The van der Waals surface area contributed by atoms with Gasteiger partial charge in [0.15, 0.2) is 0 Å². The first-order chi connectivity index (χ1) is 15.0. The third kappa shape index (κ3) is 3.71. The largest absolute Gasteiger partial charge is 0.467 e. The molecular formula is C25H28N2O4. The Labute approximate surface area is 182 Å². The Morgan fingerprint density at radius 1 is 1.10 bits per heavy atom. The summed E-state index contributed by atoms with van der Waals surface area (Å²) in [6, 6.07) is 16.5. The Hall–Kier alpha value is -3.15. The van der Waals surface area contributed by atoms with Gasteiger partial charge in [0, 0.05) is 12.1 Å². The monoisotopic (exact) mass is 420 g/mol. The molecule has 0 saturated heterocycles. The number of nitrogens with one attached hydrogen (secondary N) is 1. The van der Waals surface area contributed by atoms with Crippen LogP contribution in [0.15, 0.2) is 54.6 Å². The van der Waals surface area contributed by atoms with Crippen LogP contribution in [-0.4, -0.2) is 41.4 Å². The van der Waals surface area contributed by atoms with E-state index in [1.54, 1.807) is 13.0 Å². The maximum absolute atomic E-state index is 13.6. The lowest BCUT2D eigenvalue weighted by Gasteiger charge is -2.50. The second-order valence-corrected chi connectivity index (χ2v) is 8.46. The summed E-state index contributed by atoms with van der Waals surface area (Å²) in [6.45, 7) is 2.07. The summed E-state index contributed by atoms with van der Waals surface area (Å²) in [5, 5.41) is 2.84. The van der Waals surface area contributed by atoms with Crippen molar-refractivity contribution in [1.82, 2.24) is 10.2 Å². The van der Waals surface area contributed by atoms with Crippen LogP contribution in [0.5, 0.6) is 0 Å². The van der Waals surface area contributed by atoms with Crippen molar-refractivity contribution in [3.05, 3.63) is 71.3 Å². The standard InChI is InChI=1S/C25H28N2O4/c1-17(24(30)31-2)26-22(28)21-19-12-6-7-13-20(19)23(29)27(25(21)14-8-9-15-25)16-18-10-4-3-5-11-18/h3-7,10-13,17,21H,8-9,14-16H2,1-2H3,(H,26,28)/t17-,21?/m1/s1. The summed E-state index contributed by atoms with van der Waals surface area (Å²) in [6.07, 6.45) is 3.42. The number of ether oxygens (including phenoxy) is 1. The Balaban J connectivity index is 1.79. The number of rotatable bonds is 5. The maximum atomic E-state index is 13.6. The van der Waals surface area contributed by atoms with Crippen LogP contribution in [0.25, 0.3) is 0 Å². The van der Waals surface area contributed by atoms with Crippen LogP contribution < -0.4 is 5.32 Å². The van der Waals surface area contributed by atoms with Gasteiger partial charge in [0.05, 0.1) is 18.6 Å². The Bertz CT molecular complexity index is 982. The van der Waals surface area contributed by atoms with Gasteiger partial charge in [-0.05, 0) is 37.0 Å². The first kappa shape index (κ1) is 21.1. The van der Waals surface area contributed by atoms with Crippen molar-refractivity contribution < 1.29 is 19.1 Å². The highest BCUT2D eigenvalue weighted by atomic mass is 16.5. The van der Waals surface area contributed by atoms with Crippen molar-refractivity contribution >= 4 is 17.8 Å². The Kier molecular flexibility index (Phi) is 5.81. The normalized spacial score (nSPS) is 20.3. The molecule has 0 bridgehead atoms. The zero-order valence-corrected chi connectivity index (χ0v) is 18.0. The number of benzene rings is 2. The lowest BCUT2D eigenvalue weighted by Crippen LogP contribution is -2.61. The number of nitrogens with zero attached hydrogens (tertiary/aromatic N) is 1. The molecule has 1 heterocycles. The maximum Gasteiger partial charge on any atom is 0.328 e. The smallest absolute Gasteiger partial charge is 0.328 e. The van der Waals surface area contributed by atoms with Gasteiger partial charge in [-0.1, -0.05) is 61.4 Å². The zero-order chi connectivity index (χ0) is 22.0. The van der Waals surface area contributed by atoms with Gasteiger partial charge in [0.1, 0.15) is 6.04 Å². The summed E-state index contributed by atoms with van der Waals surface area (Å²) < 4.78 is 4.79. The number of fused-ring (bicyclic) bond motifs is 1. The molecule has 1 saturated carbocycles. The molecule has 1 aliphatic heterocycles. The van der Waals surface area contributed by atoms with E-state index in [0.29, 0.717) is 12.1 Å². The quantitative estimate of drug-likeness (QED) is 0.752. The number of hydrogen-bond acceptors (Lipinski definition) is 4. The number of esters is 1. The molecule has 2 amide bonds.